The molecule has 1 aromatic heterocycles. The minimum atomic E-state index is -3.89. The maximum atomic E-state index is 13.1. The summed E-state index contributed by atoms with van der Waals surface area (Å²) in [5.41, 5.74) is 1.38. The monoisotopic (exact) mass is 485 g/mol. The quantitative estimate of drug-likeness (QED) is 0.473. The molecule has 0 bridgehead atoms. The summed E-state index contributed by atoms with van der Waals surface area (Å²) in [6, 6.07) is 16.6. The highest BCUT2D eigenvalue weighted by molar-refractivity contribution is 7.89. The van der Waals surface area contributed by atoms with Gasteiger partial charge in [-0.2, -0.15) is 4.31 Å². The topological polar surface area (TPSA) is 109 Å². The van der Waals surface area contributed by atoms with Gasteiger partial charge in [-0.15, -0.1) is 0 Å². The van der Waals surface area contributed by atoms with Crippen molar-refractivity contribution in [1.82, 2.24) is 9.21 Å². The number of ether oxygens (including phenoxy) is 1. The van der Waals surface area contributed by atoms with Gasteiger partial charge in [-0.25, -0.2) is 8.42 Å². The van der Waals surface area contributed by atoms with Gasteiger partial charge in [-0.1, -0.05) is 29.8 Å². The average Bonchev–Trinajstić information content (AvgIpc) is 3.32. The molecule has 0 saturated carbocycles. The summed E-state index contributed by atoms with van der Waals surface area (Å²) in [6.45, 7) is 1.10. The molecule has 1 heterocycles. The highest BCUT2D eigenvalue weighted by atomic mass is 32.2. The number of aryl methyl sites for hydroxylation is 1. The molecule has 0 radical (unpaired) electrons. The van der Waals surface area contributed by atoms with Gasteiger partial charge in [-0.3, -0.25) is 9.59 Å². The van der Waals surface area contributed by atoms with E-state index in [1.165, 1.54) is 37.5 Å². The van der Waals surface area contributed by atoms with Crippen molar-refractivity contribution in [2.24, 2.45) is 0 Å². The fourth-order valence-electron chi connectivity index (χ4n) is 3.20. The van der Waals surface area contributed by atoms with Crippen molar-refractivity contribution in [3.63, 3.8) is 0 Å². The Morgan fingerprint density at radius 1 is 1.00 bits per heavy atom. The summed E-state index contributed by atoms with van der Waals surface area (Å²) in [5, 5.41) is 2.72. The number of amides is 2. The Labute approximate surface area is 199 Å². The van der Waals surface area contributed by atoms with Gasteiger partial charge in [0, 0.05) is 7.05 Å². The van der Waals surface area contributed by atoms with E-state index in [-0.39, 0.29) is 18.0 Å². The number of likely N-dealkylation sites (N-methyl/N-ethyl adjacent to an activating group) is 1. The lowest BCUT2D eigenvalue weighted by molar-refractivity contribution is -0.135. The fraction of sp³-hybridized carbons (Fsp3) is 0.250. The van der Waals surface area contributed by atoms with Crippen molar-refractivity contribution in [3.8, 4) is 5.75 Å². The Bertz CT molecular complexity index is 1220. The molecule has 0 aliphatic rings. The van der Waals surface area contributed by atoms with Gasteiger partial charge >= 0.3 is 0 Å². The normalized spacial score (nSPS) is 11.3. The first kappa shape index (κ1) is 25.0. The first-order valence-electron chi connectivity index (χ1n) is 10.5. The zero-order valence-corrected chi connectivity index (χ0v) is 20.0. The molecule has 180 valence electrons. The zero-order valence-electron chi connectivity index (χ0n) is 19.2. The van der Waals surface area contributed by atoms with Crippen molar-refractivity contribution in [2.75, 3.05) is 32.6 Å². The number of benzene rings is 2. The lowest BCUT2D eigenvalue weighted by Gasteiger charge is -2.24. The van der Waals surface area contributed by atoms with Gasteiger partial charge < -0.3 is 19.4 Å². The minimum Gasteiger partial charge on any atom is -0.495 e. The number of nitrogens with zero attached hydrogens (tertiary/aromatic N) is 2. The van der Waals surface area contributed by atoms with Crippen LogP contribution in [-0.4, -0.2) is 56.7 Å². The average molecular weight is 486 g/mol. The summed E-state index contributed by atoms with van der Waals surface area (Å²) in [6.07, 6.45) is 1.46. The zero-order chi connectivity index (χ0) is 24.7. The van der Waals surface area contributed by atoms with Crippen LogP contribution in [0, 0.1) is 6.92 Å². The second-order valence-electron chi connectivity index (χ2n) is 7.65. The van der Waals surface area contributed by atoms with Crippen LogP contribution >= 0.6 is 0 Å². The molecule has 3 rings (SSSR count). The van der Waals surface area contributed by atoms with E-state index in [0.717, 1.165) is 9.87 Å². The number of hydrogen-bond acceptors (Lipinski definition) is 6. The van der Waals surface area contributed by atoms with E-state index >= 15 is 0 Å². The van der Waals surface area contributed by atoms with Crippen LogP contribution in [0.1, 0.15) is 11.3 Å². The molecule has 2 aromatic carbocycles. The van der Waals surface area contributed by atoms with E-state index in [1.807, 2.05) is 6.92 Å². The summed E-state index contributed by atoms with van der Waals surface area (Å²) in [7, 11) is -1.07. The SMILES string of the molecule is COc1ccccc1NC(=O)CN(Cc1ccco1)C(=O)CN(C)S(=O)(=O)c1ccc(C)cc1. The predicted octanol–water partition coefficient (Wildman–Crippen LogP) is 2.88. The Hall–Kier alpha value is -3.63. The van der Waals surface area contributed by atoms with Crippen molar-refractivity contribution < 1.29 is 27.2 Å². The molecule has 0 unspecified atom stereocenters. The van der Waals surface area contributed by atoms with Crippen LogP contribution in [0.5, 0.6) is 5.75 Å². The number of methoxy groups -OCH3 is 1. The van der Waals surface area contributed by atoms with Crippen molar-refractivity contribution in [3.05, 3.63) is 78.3 Å². The molecule has 9 nitrogen and oxygen atoms in total. The van der Waals surface area contributed by atoms with Crippen molar-refractivity contribution in [1.29, 1.82) is 0 Å². The third kappa shape index (κ3) is 6.24. The van der Waals surface area contributed by atoms with E-state index in [1.54, 1.807) is 48.5 Å². The van der Waals surface area contributed by atoms with Crippen molar-refractivity contribution >= 4 is 27.5 Å². The third-order valence-electron chi connectivity index (χ3n) is 5.08. The number of carbonyl (C=O) groups excluding carboxylic acids is 2. The number of anilines is 1. The number of rotatable bonds is 10. The largest absolute Gasteiger partial charge is 0.495 e. The Morgan fingerprint density at radius 2 is 1.71 bits per heavy atom. The van der Waals surface area contributed by atoms with E-state index in [9.17, 15) is 18.0 Å². The molecule has 0 spiro atoms. The number of nitrogens with one attached hydrogen (secondary N) is 1. The first-order chi connectivity index (χ1) is 16.2. The van der Waals surface area contributed by atoms with Crippen LogP contribution in [-0.2, 0) is 26.2 Å². The Morgan fingerprint density at radius 3 is 2.35 bits per heavy atom. The van der Waals surface area contributed by atoms with Crippen LogP contribution in [0.4, 0.5) is 5.69 Å². The number of sulfonamides is 1. The molecule has 34 heavy (non-hydrogen) atoms. The number of furan rings is 1. The molecule has 0 fully saturated rings. The first-order valence-corrected chi connectivity index (χ1v) is 11.9. The molecule has 0 atom stereocenters. The number of carbonyl (C=O) groups is 2. The van der Waals surface area contributed by atoms with Crippen molar-refractivity contribution in [2.45, 2.75) is 18.4 Å². The fourth-order valence-corrected chi connectivity index (χ4v) is 4.32. The predicted molar refractivity (Wildman–Crippen MR) is 127 cm³/mol. The summed E-state index contributed by atoms with van der Waals surface area (Å²) in [5.74, 6) is -0.0793. The summed E-state index contributed by atoms with van der Waals surface area (Å²) in [4.78, 5) is 27.2. The lowest BCUT2D eigenvalue weighted by atomic mass is 10.2. The highest BCUT2D eigenvalue weighted by Gasteiger charge is 2.27. The molecular formula is C24H27N3O6S. The van der Waals surface area contributed by atoms with Gasteiger partial charge in [-0.05, 0) is 43.3 Å². The van der Waals surface area contributed by atoms with Crippen LogP contribution < -0.4 is 10.1 Å². The summed E-state index contributed by atoms with van der Waals surface area (Å²) < 4.78 is 37.3. The summed E-state index contributed by atoms with van der Waals surface area (Å²) >= 11 is 0. The highest BCUT2D eigenvalue weighted by Crippen LogP contribution is 2.23. The van der Waals surface area contributed by atoms with Crippen LogP contribution in [0.15, 0.2) is 76.2 Å². The third-order valence-corrected chi connectivity index (χ3v) is 6.90. The second kappa shape index (κ2) is 11.0. The van der Waals surface area contributed by atoms with Crippen LogP contribution in [0.25, 0.3) is 0 Å². The van der Waals surface area contributed by atoms with Gasteiger partial charge in [0.2, 0.25) is 21.8 Å². The molecule has 0 aliphatic heterocycles. The van der Waals surface area contributed by atoms with E-state index in [0.29, 0.717) is 17.2 Å². The minimum absolute atomic E-state index is 0.00357. The van der Waals surface area contributed by atoms with Gasteiger partial charge in [0.25, 0.3) is 0 Å². The van der Waals surface area contributed by atoms with E-state index < -0.39 is 28.4 Å². The number of para-hydroxylation sites is 2. The molecule has 0 aliphatic carbocycles. The standard InChI is InChI=1S/C24H27N3O6S/c1-18-10-12-20(13-11-18)34(30,31)26(2)17-24(29)27(15-19-7-6-14-33-19)16-23(28)25-21-8-4-5-9-22(21)32-3/h4-14H,15-17H2,1-3H3,(H,25,28). The molecule has 10 heteroatoms. The van der Waals surface area contributed by atoms with Crippen LogP contribution in [0.2, 0.25) is 0 Å². The molecule has 3 aromatic rings. The number of hydrogen-bond donors (Lipinski definition) is 1. The molecule has 2 amide bonds. The molecule has 1 N–H and O–H groups in total. The lowest BCUT2D eigenvalue weighted by Crippen LogP contribution is -2.43. The maximum Gasteiger partial charge on any atom is 0.244 e. The maximum absolute atomic E-state index is 13.1. The molecular weight excluding hydrogens is 458 g/mol. The van der Waals surface area contributed by atoms with E-state index in [2.05, 4.69) is 5.32 Å². The Balaban J connectivity index is 1.74. The molecule has 0 saturated heterocycles. The smallest absolute Gasteiger partial charge is 0.244 e. The second-order valence-corrected chi connectivity index (χ2v) is 9.70. The van der Waals surface area contributed by atoms with Crippen LogP contribution in [0.3, 0.4) is 0 Å². The van der Waals surface area contributed by atoms with Gasteiger partial charge in [0.15, 0.2) is 0 Å². The van der Waals surface area contributed by atoms with E-state index in [4.69, 9.17) is 9.15 Å². The van der Waals surface area contributed by atoms with Gasteiger partial charge in [0.05, 0.1) is 37.0 Å². The van der Waals surface area contributed by atoms with Gasteiger partial charge in [0.1, 0.15) is 18.1 Å². The Kier molecular flexibility index (Phi) is 8.08.